The van der Waals surface area contributed by atoms with Gasteiger partial charge in [0.05, 0.1) is 16.9 Å². The summed E-state index contributed by atoms with van der Waals surface area (Å²) in [6.45, 7) is 2.96. The molecule has 0 aliphatic carbocycles. The molecule has 0 unspecified atom stereocenters. The zero-order valence-corrected chi connectivity index (χ0v) is 20.4. The van der Waals surface area contributed by atoms with Gasteiger partial charge in [-0.1, -0.05) is 30.3 Å². The lowest BCUT2D eigenvalue weighted by atomic mass is 10.1. The molecule has 0 fully saturated rings. The number of carbonyl (C=O) groups excluding carboxylic acids is 1. The number of anilines is 3. The van der Waals surface area contributed by atoms with Gasteiger partial charge in [0, 0.05) is 28.9 Å². The van der Waals surface area contributed by atoms with Crippen LogP contribution in [0.15, 0.2) is 113 Å². The summed E-state index contributed by atoms with van der Waals surface area (Å²) in [7, 11) is 0. The van der Waals surface area contributed by atoms with Crippen LogP contribution in [-0.2, 0) is 6.42 Å². The average molecular weight is 484 g/mol. The molecule has 0 radical (unpaired) electrons. The van der Waals surface area contributed by atoms with E-state index in [1.807, 2.05) is 78.9 Å². The Balaban J connectivity index is 1.14. The Morgan fingerprint density at radius 2 is 1.57 bits per heavy atom. The van der Waals surface area contributed by atoms with Crippen molar-refractivity contribution in [2.45, 2.75) is 13.3 Å². The van der Waals surface area contributed by atoms with E-state index in [2.05, 4.69) is 51.6 Å². The summed E-state index contributed by atoms with van der Waals surface area (Å²) in [6, 6.07) is 33.2. The highest BCUT2D eigenvalue weighted by molar-refractivity contribution is 6.04. The number of rotatable bonds is 5. The Kier molecular flexibility index (Phi) is 5.91. The Morgan fingerprint density at radius 1 is 0.838 bits per heavy atom. The lowest BCUT2D eigenvalue weighted by Crippen LogP contribution is -2.15. The Bertz CT molecular complexity index is 1610. The van der Waals surface area contributed by atoms with Crippen LogP contribution in [0.2, 0.25) is 0 Å². The number of azo groups is 1. The van der Waals surface area contributed by atoms with Gasteiger partial charge in [-0.25, -0.2) is 4.98 Å². The summed E-state index contributed by atoms with van der Waals surface area (Å²) in [5, 5.41) is 12.6. The third-order valence-electron chi connectivity index (χ3n) is 6.49. The maximum absolute atomic E-state index is 12.8. The number of hydrogen-bond donors (Lipinski definition) is 1. The minimum atomic E-state index is -0.161. The maximum Gasteiger partial charge on any atom is 0.255 e. The summed E-state index contributed by atoms with van der Waals surface area (Å²) in [4.78, 5) is 20.0. The Morgan fingerprint density at radius 3 is 2.32 bits per heavy atom. The van der Waals surface area contributed by atoms with Crippen molar-refractivity contribution in [1.29, 1.82) is 0 Å². The smallest absolute Gasteiger partial charge is 0.255 e. The SMILES string of the molecule is Cc1ccc2cc3c(nc2c1)N(c1ccc(C(=O)Nc2ccc(N=Nc4ccccc4)cc2)cc1)CC3. The van der Waals surface area contributed by atoms with Crippen LogP contribution in [0.4, 0.5) is 28.6 Å². The molecule has 180 valence electrons. The van der Waals surface area contributed by atoms with E-state index in [0.29, 0.717) is 16.9 Å². The lowest BCUT2D eigenvalue weighted by molar-refractivity contribution is 0.102. The van der Waals surface area contributed by atoms with Gasteiger partial charge in [0.25, 0.3) is 5.91 Å². The molecule has 5 aromatic rings. The highest BCUT2D eigenvalue weighted by atomic mass is 16.1. The van der Waals surface area contributed by atoms with E-state index in [1.54, 1.807) is 0 Å². The molecule has 6 heteroatoms. The van der Waals surface area contributed by atoms with E-state index in [0.717, 1.165) is 35.7 Å². The van der Waals surface area contributed by atoms with Crippen molar-refractivity contribution in [3.8, 4) is 0 Å². The van der Waals surface area contributed by atoms with Crippen LogP contribution in [0, 0.1) is 6.92 Å². The minimum absolute atomic E-state index is 0.161. The van der Waals surface area contributed by atoms with E-state index >= 15 is 0 Å². The molecular formula is C31H25N5O. The van der Waals surface area contributed by atoms with E-state index in [1.165, 1.54) is 16.5 Å². The van der Waals surface area contributed by atoms with Crippen molar-refractivity contribution in [2.75, 3.05) is 16.8 Å². The number of nitrogens with one attached hydrogen (secondary N) is 1. The third-order valence-corrected chi connectivity index (χ3v) is 6.49. The predicted molar refractivity (Wildman–Crippen MR) is 149 cm³/mol. The van der Waals surface area contributed by atoms with Crippen LogP contribution in [0.1, 0.15) is 21.5 Å². The first-order chi connectivity index (χ1) is 18.1. The fourth-order valence-corrected chi connectivity index (χ4v) is 4.54. The normalized spacial score (nSPS) is 12.7. The van der Waals surface area contributed by atoms with Crippen molar-refractivity contribution in [2.24, 2.45) is 10.2 Å². The summed E-state index contributed by atoms with van der Waals surface area (Å²) in [6.07, 6.45) is 0.954. The van der Waals surface area contributed by atoms with E-state index < -0.39 is 0 Å². The molecule has 6 rings (SSSR count). The molecular weight excluding hydrogens is 458 g/mol. The van der Waals surface area contributed by atoms with Gasteiger partial charge in [-0.05, 0) is 97.3 Å². The van der Waals surface area contributed by atoms with Crippen LogP contribution in [0.3, 0.4) is 0 Å². The second-order valence-corrected chi connectivity index (χ2v) is 9.15. The molecule has 0 bridgehead atoms. The zero-order chi connectivity index (χ0) is 25.2. The summed E-state index contributed by atoms with van der Waals surface area (Å²) < 4.78 is 0. The van der Waals surface area contributed by atoms with Gasteiger partial charge in [-0.2, -0.15) is 10.2 Å². The molecule has 4 aromatic carbocycles. The number of aromatic nitrogens is 1. The van der Waals surface area contributed by atoms with Gasteiger partial charge in [0.15, 0.2) is 0 Å². The van der Waals surface area contributed by atoms with Crippen LogP contribution in [0.25, 0.3) is 10.9 Å². The number of amides is 1. The van der Waals surface area contributed by atoms with Crippen LogP contribution in [-0.4, -0.2) is 17.4 Å². The molecule has 1 amide bonds. The number of carbonyl (C=O) groups is 1. The molecule has 2 heterocycles. The van der Waals surface area contributed by atoms with Crippen molar-refractivity contribution in [1.82, 2.24) is 4.98 Å². The topological polar surface area (TPSA) is 70.0 Å². The Labute approximate surface area is 215 Å². The number of pyridine rings is 1. The molecule has 1 aliphatic heterocycles. The number of hydrogen-bond acceptors (Lipinski definition) is 5. The largest absolute Gasteiger partial charge is 0.326 e. The van der Waals surface area contributed by atoms with Crippen molar-refractivity contribution in [3.05, 3.63) is 120 Å². The van der Waals surface area contributed by atoms with Gasteiger partial charge in [0.2, 0.25) is 0 Å². The molecule has 0 saturated carbocycles. The third kappa shape index (κ3) is 4.82. The van der Waals surface area contributed by atoms with E-state index in [4.69, 9.17) is 4.98 Å². The first-order valence-corrected chi connectivity index (χ1v) is 12.3. The van der Waals surface area contributed by atoms with Gasteiger partial charge in [-0.3, -0.25) is 4.79 Å². The molecule has 1 aromatic heterocycles. The highest BCUT2D eigenvalue weighted by Gasteiger charge is 2.23. The van der Waals surface area contributed by atoms with E-state index in [-0.39, 0.29) is 5.91 Å². The molecule has 0 atom stereocenters. The van der Waals surface area contributed by atoms with Crippen LogP contribution < -0.4 is 10.2 Å². The molecule has 1 aliphatic rings. The van der Waals surface area contributed by atoms with Crippen molar-refractivity contribution in [3.63, 3.8) is 0 Å². The number of nitrogens with zero attached hydrogens (tertiary/aromatic N) is 4. The standard InChI is InChI=1S/C31H25N5O/c1-21-7-8-23-20-24-17-18-36(30(24)33-29(23)19-21)28-15-9-22(10-16-28)31(37)32-25-11-13-27(14-12-25)35-34-26-5-3-2-4-6-26/h2-16,19-20H,17-18H2,1H3,(H,32,37). The van der Waals surface area contributed by atoms with Gasteiger partial charge >= 0.3 is 0 Å². The number of fused-ring (bicyclic) bond motifs is 2. The van der Waals surface area contributed by atoms with E-state index in [9.17, 15) is 4.79 Å². The second-order valence-electron chi connectivity index (χ2n) is 9.15. The fraction of sp³-hybridized carbons (Fsp3) is 0.0968. The number of aryl methyl sites for hydroxylation is 1. The summed E-state index contributed by atoms with van der Waals surface area (Å²) in [5.74, 6) is 0.839. The first-order valence-electron chi connectivity index (χ1n) is 12.3. The second kappa shape index (κ2) is 9.66. The predicted octanol–water partition coefficient (Wildman–Crippen LogP) is 7.91. The summed E-state index contributed by atoms with van der Waals surface area (Å²) in [5.41, 5.74) is 7.30. The number of benzene rings is 4. The zero-order valence-electron chi connectivity index (χ0n) is 20.4. The van der Waals surface area contributed by atoms with Gasteiger partial charge in [0.1, 0.15) is 5.82 Å². The molecule has 0 saturated heterocycles. The minimum Gasteiger partial charge on any atom is -0.326 e. The van der Waals surface area contributed by atoms with Crippen LogP contribution >= 0.6 is 0 Å². The highest BCUT2D eigenvalue weighted by Crippen LogP contribution is 2.35. The van der Waals surface area contributed by atoms with Gasteiger partial charge < -0.3 is 10.2 Å². The molecule has 37 heavy (non-hydrogen) atoms. The molecule has 0 spiro atoms. The molecule has 6 nitrogen and oxygen atoms in total. The monoisotopic (exact) mass is 483 g/mol. The fourth-order valence-electron chi connectivity index (χ4n) is 4.54. The summed E-state index contributed by atoms with van der Waals surface area (Å²) >= 11 is 0. The maximum atomic E-state index is 12.8. The first kappa shape index (κ1) is 22.6. The quantitative estimate of drug-likeness (QED) is 0.258. The van der Waals surface area contributed by atoms with Crippen molar-refractivity contribution < 1.29 is 4.79 Å². The van der Waals surface area contributed by atoms with Crippen molar-refractivity contribution >= 4 is 45.4 Å². The van der Waals surface area contributed by atoms with Gasteiger partial charge in [-0.15, -0.1) is 0 Å². The lowest BCUT2D eigenvalue weighted by Gasteiger charge is -2.19. The Hall–Kier alpha value is -4.84. The molecule has 1 N–H and O–H groups in total. The van der Waals surface area contributed by atoms with Crippen LogP contribution in [0.5, 0.6) is 0 Å². The average Bonchev–Trinajstić information content (AvgIpc) is 3.34.